The molecule has 0 aliphatic heterocycles. The van der Waals surface area contributed by atoms with Crippen molar-refractivity contribution in [2.45, 2.75) is 18.8 Å². The lowest BCUT2D eigenvalue weighted by atomic mass is 9.92. The Hall–Kier alpha value is -2.22. The second-order valence-electron chi connectivity index (χ2n) is 4.82. The molecule has 2 heteroatoms. The fourth-order valence-corrected chi connectivity index (χ4v) is 2.26. The number of allylic oxidation sites excluding steroid dienone is 1. The van der Waals surface area contributed by atoms with Crippen molar-refractivity contribution in [1.29, 1.82) is 0 Å². The molecule has 0 aliphatic rings. The van der Waals surface area contributed by atoms with E-state index in [0.29, 0.717) is 11.7 Å². The van der Waals surface area contributed by atoms with Crippen molar-refractivity contribution in [3.05, 3.63) is 72.3 Å². The molecule has 0 saturated carbocycles. The summed E-state index contributed by atoms with van der Waals surface area (Å²) < 4.78 is 5.16. The third-order valence-electron chi connectivity index (χ3n) is 3.51. The molecule has 2 rings (SSSR count). The molecule has 0 bridgehead atoms. The van der Waals surface area contributed by atoms with Crippen LogP contribution in [0.2, 0.25) is 0 Å². The number of methoxy groups -OCH3 is 1. The number of rotatable bonds is 6. The highest BCUT2D eigenvalue weighted by Crippen LogP contribution is 2.25. The van der Waals surface area contributed by atoms with E-state index in [1.54, 1.807) is 19.2 Å². The first kappa shape index (κ1) is 14.2. The van der Waals surface area contributed by atoms with Gasteiger partial charge in [-0.05, 0) is 48.2 Å². The highest BCUT2D eigenvalue weighted by Gasteiger charge is 2.08. The third-order valence-corrected chi connectivity index (χ3v) is 3.51. The molecular weight excluding hydrogens is 248 g/mol. The summed E-state index contributed by atoms with van der Waals surface area (Å²) in [6.07, 6.45) is 3.96. The lowest BCUT2D eigenvalue weighted by molar-refractivity contribution is 0.414. The van der Waals surface area contributed by atoms with E-state index in [1.165, 1.54) is 11.1 Å². The molecule has 2 aromatic carbocycles. The van der Waals surface area contributed by atoms with Gasteiger partial charge in [-0.15, -0.1) is 6.58 Å². The van der Waals surface area contributed by atoms with Gasteiger partial charge in [-0.2, -0.15) is 0 Å². The van der Waals surface area contributed by atoms with Crippen LogP contribution in [-0.4, -0.2) is 12.2 Å². The van der Waals surface area contributed by atoms with Crippen LogP contribution in [0.25, 0.3) is 0 Å². The van der Waals surface area contributed by atoms with Crippen molar-refractivity contribution in [3.63, 3.8) is 0 Å². The van der Waals surface area contributed by atoms with E-state index in [-0.39, 0.29) is 0 Å². The molecule has 0 saturated heterocycles. The summed E-state index contributed by atoms with van der Waals surface area (Å²) in [4.78, 5) is 0. The molecule has 104 valence electrons. The van der Waals surface area contributed by atoms with E-state index in [0.717, 1.165) is 18.6 Å². The zero-order chi connectivity index (χ0) is 14.4. The summed E-state index contributed by atoms with van der Waals surface area (Å²) in [6, 6.07) is 15.5. The molecule has 0 heterocycles. The van der Waals surface area contributed by atoms with E-state index < -0.39 is 0 Å². The zero-order valence-electron chi connectivity index (χ0n) is 11.8. The van der Waals surface area contributed by atoms with Gasteiger partial charge in [-0.25, -0.2) is 0 Å². The molecule has 1 N–H and O–H groups in total. The van der Waals surface area contributed by atoms with E-state index in [9.17, 15) is 5.11 Å². The molecule has 0 fully saturated rings. The Labute approximate surface area is 120 Å². The van der Waals surface area contributed by atoms with Crippen molar-refractivity contribution in [1.82, 2.24) is 0 Å². The number of aryl methyl sites for hydroxylation is 1. The SMILES string of the molecule is C=CC(CCc1ccc(OC)cc1)c1ccc(O)cc1. The first-order valence-corrected chi connectivity index (χ1v) is 6.77. The molecular formula is C18H20O2. The lowest BCUT2D eigenvalue weighted by Gasteiger charge is -2.13. The van der Waals surface area contributed by atoms with Crippen LogP contribution < -0.4 is 4.74 Å². The summed E-state index contributed by atoms with van der Waals surface area (Å²) >= 11 is 0. The molecule has 20 heavy (non-hydrogen) atoms. The standard InChI is InChI=1S/C18H20O2/c1-3-15(16-8-10-17(19)11-9-16)7-4-14-5-12-18(20-2)13-6-14/h3,5-6,8-13,15,19H,1,4,7H2,2H3. The van der Waals surface area contributed by atoms with Crippen molar-refractivity contribution in [3.8, 4) is 11.5 Å². The van der Waals surface area contributed by atoms with Gasteiger partial charge in [0, 0.05) is 5.92 Å². The van der Waals surface area contributed by atoms with Gasteiger partial charge in [0.2, 0.25) is 0 Å². The molecule has 2 nitrogen and oxygen atoms in total. The normalized spacial score (nSPS) is 11.8. The molecule has 0 spiro atoms. The Morgan fingerprint density at radius 1 is 1.10 bits per heavy atom. The van der Waals surface area contributed by atoms with Gasteiger partial charge in [-0.3, -0.25) is 0 Å². The molecule has 0 aliphatic carbocycles. The number of hydrogen-bond acceptors (Lipinski definition) is 2. The molecule has 0 aromatic heterocycles. The highest BCUT2D eigenvalue weighted by molar-refractivity contribution is 5.31. The Morgan fingerprint density at radius 2 is 1.75 bits per heavy atom. The average molecular weight is 268 g/mol. The topological polar surface area (TPSA) is 29.5 Å². The second-order valence-corrected chi connectivity index (χ2v) is 4.82. The van der Waals surface area contributed by atoms with E-state index in [2.05, 4.69) is 18.7 Å². The molecule has 0 radical (unpaired) electrons. The van der Waals surface area contributed by atoms with Crippen LogP contribution in [0.1, 0.15) is 23.5 Å². The Balaban J connectivity index is 1.99. The maximum atomic E-state index is 9.33. The lowest BCUT2D eigenvalue weighted by Crippen LogP contribution is -1.97. The van der Waals surface area contributed by atoms with E-state index in [4.69, 9.17) is 4.74 Å². The summed E-state index contributed by atoms with van der Waals surface area (Å²) in [5.74, 6) is 1.48. The summed E-state index contributed by atoms with van der Waals surface area (Å²) in [7, 11) is 1.67. The van der Waals surface area contributed by atoms with Gasteiger partial charge >= 0.3 is 0 Å². The quantitative estimate of drug-likeness (QED) is 0.791. The maximum absolute atomic E-state index is 9.33. The summed E-state index contributed by atoms with van der Waals surface area (Å²) in [6.45, 7) is 3.92. The van der Waals surface area contributed by atoms with Crippen LogP contribution in [0.3, 0.4) is 0 Å². The monoisotopic (exact) mass is 268 g/mol. The van der Waals surface area contributed by atoms with Crippen LogP contribution in [-0.2, 0) is 6.42 Å². The van der Waals surface area contributed by atoms with Crippen LogP contribution in [0, 0.1) is 0 Å². The number of benzene rings is 2. The van der Waals surface area contributed by atoms with E-state index >= 15 is 0 Å². The minimum atomic E-state index is 0.298. The van der Waals surface area contributed by atoms with Crippen molar-refractivity contribution >= 4 is 0 Å². The number of phenols is 1. The second kappa shape index (κ2) is 6.80. The van der Waals surface area contributed by atoms with Gasteiger partial charge in [-0.1, -0.05) is 30.3 Å². The largest absolute Gasteiger partial charge is 0.508 e. The van der Waals surface area contributed by atoms with Crippen LogP contribution in [0.15, 0.2) is 61.2 Å². The number of ether oxygens (including phenoxy) is 1. The maximum Gasteiger partial charge on any atom is 0.118 e. The van der Waals surface area contributed by atoms with Gasteiger partial charge < -0.3 is 9.84 Å². The number of hydrogen-bond donors (Lipinski definition) is 1. The summed E-state index contributed by atoms with van der Waals surface area (Å²) in [5, 5.41) is 9.33. The molecule has 2 aromatic rings. The third kappa shape index (κ3) is 3.64. The smallest absolute Gasteiger partial charge is 0.118 e. The van der Waals surface area contributed by atoms with Crippen molar-refractivity contribution in [2.75, 3.05) is 7.11 Å². The average Bonchev–Trinajstić information content (AvgIpc) is 2.50. The Kier molecular flexibility index (Phi) is 4.83. The first-order chi connectivity index (χ1) is 9.72. The van der Waals surface area contributed by atoms with Crippen LogP contribution in [0.4, 0.5) is 0 Å². The Morgan fingerprint density at radius 3 is 2.30 bits per heavy atom. The molecule has 1 atom stereocenters. The molecule has 0 amide bonds. The number of aromatic hydroxyl groups is 1. The minimum absolute atomic E-state index is 0.298. The minimum Gasteiger partial charge on any atom is -0.508 e. The fourth-order valence-electron chi connectivity index (χ4n) is 2.26. The highest BCUT2D eigenvalue weighted by atomic mass is 16.5. The fraction of sp³-hybridized carbons (Fsp3) is 0.222. The van der Waals surface area contributed by atoms with Gasteiger partial charge in [0.05, 0.1) is 7.11 Å². The first-order valence-electron chi connectivity index (χ1n) is 6.77. The predicted octanol–water partition coefficient (Wildman–Crippen LogP) is 4.30. The van der Waals surface area contributed by atoms with Gasteiger partial charge in [0.1, 0.15) is 11.5 Å². The zero-order valence-corrected chi connectivity index (χ0v) is 11.8. The molecule has 1 unspecified atom stereocenters. The Bertz CT molecular complexity index is 541. The summed E-state index contributed by atoms with van der Waals surface area (Å²) in [5.41, 5.74) is 2.47. The van der Waals surface area contributed by atoms with E-state index in [1.807, 2.05) is 30.3 Å². The predicted molar refractivity (Wildman–Crippen MR) is 82.4 cm³/mol. The van der Waals surface area contributed by atoms with Gasteiger partial charge in [0.25, 0.3) is 0 Å². The van der Waals surface area contributed by atoms with Crippen LogP contribution in [0.5, 0.6) is 11.5 Å². The van der Waals surface area contributed by atoms with Crippen LogP contribution >= 0.6 is 0 Å². The van der Waals surface area contributed by atoms with Crippen molar-refractivity contribution in [2.24, 2.45) is 0 Å². The number of phenolic OH excluding ortho intramolecular Hbond substituents is 1. The van der Waals surface area contributed by atoms with Gasteiger partial charge in [0.15, 0.2) is 0 Å². The van der Waals surface area contributed by atoms with Crippen molar-refractivity contribution < 1.29 is 9.84 Å².